The molecule has 3 aliphatic heterocycles. The predicted molar refractivity (Wildman–Crippen MR) is 77.3 cm³/mol. The molecule has 0 saturated carbocycles. The van der Waals surface area contributed by atoms with Crippen molar-refractivity contribution in [1.29, 1.82) is 0 Å². The Morgan fingerprint density at radius 3 is 2.79 bits per heavy atom. The molecule has 3 heterocycles. The molecule has 0 aromatic rings. The van der Waals surface area contributed by atoms with Crippen LogP contribution in [-0.2, 0) is 23.9 Å². The van der Waals surface area contributed by atoms with Gasteiger partial charge in [-0.25, -0.2) is 0 Å². The van der Waals surface area contributed by atoms with Gasteiger partial charge in [0.15, 0.2) is 6.10 Å². The van der Waals surface area contributed by atoms with Gasteiger partial charge in [-0.3, -0.25) is 9.59 Å². The highest BCUT2D eigenvalue weighted by Gasteiger charge is 2.49. The molecule has 3 saturated heterocycles. The van der Waals surface area contributed by atoms with Crippen LogP contribution in [-0.4, -0.2) is 73.6 Å². The van der Waals surface area contributed by atoms with Crippen molar-refractivity contribution in [2.75, 3.05) is 26.3 Å². The molecule has 3 aliphatic rings. The lowest BCUT2D eigenvalue weighted by molar-refractivity contribution is -0.769. The maximum atomic E-state index is 12.0. The van der Waals surface area contributed by atoms with Gasteiger partial charge in [0.25, 0.3) is 5.09 Å². The van der Waals surface area contributed by atoms with Crippen LogP contribution in [0, 0.1) is 10.1 Å². The van der Waals surface area contributed by atoms with Crippen LogP contribution in [0.25, 0.3) is 0 Å². The molecule has 0 aromatic heterocycles. The minimum atomic E-state index is -0.877. The normalized spacial score (nSPS) is 34.6. The van der Waals surface area contributed by atoms with Crippen molar-refractivity contribution in [2.45, 2.75) is 43.2 Å². The Labute approximate surface area is 137 Å². The van der Waals surface area contributed by atoms with Gasteiger partial charge in [-0.15, -0.1) is 10.1 Å². The van der Waals surface area contributed by atoms with Crippen LogP contribution in [0.5, 0.6) is 0 Å². The number of ether oxygens (including phenoxy) is 2. The minimum absolute atomic E-state index is 0.0345. The standard InChI is InChI=1S/C13H20N4O7/c18-10(4-15-13(19)7-2-1-3-14-7)16-8-5-22-12-9(24-17(20)21)6-23-11(8)12/h7-9,11-12,14H,1-6H2,(H,15,19)(H,16,18)/t7-,8-,9-,11+,12+/m0/s1. The van der Waals surface area contributed by atoms with E-state index >= 15 is 0 Å². The first-order valence-electron chi connectivity index (χ1n) is 7.89. The summed E-state index contributed by atoms with van der Waals surface area (Å²) >= 11 is 0. The molecule has 11 nitrogen and oxygen atoms in total. The van der Waals surface area contributed by atoms with Crippen molar-refractivity contribution in [1.82, 2.24) is 16.0 Å². The molecular formula is C13H20N4O7. The summed E-state index contributed by atoms with van der Waals surface area (Å²) in [5.74, 6) is -0.558. The largest absolute Gasteiger partial charge is 0.371 e. The first kappa shape index (κ1) is 16.9. The lowest BCUT2D eigenvalue weighted by atomic mass is 10.1. The molecule has 0 radical (unpaired) electrons. The van der Waals surface area contributed by atoms with Crippen molar-refractivity contribution in [2.24, 2.45) is 0 Å². The summed E-state index contributed by atoms with van der Waals surface area (Å²) in [4.78, 5) is 38.7. The Balaban J connectivity index is 1.42. The second kappa shape index (κ2) is 7.28. The van der Waals surface area contributed by atoms with Gasteiger partial charge in [-0.1, -0.05) is 0 Å². The van der Waals surface area contributed by atoms with Crippen LogP contribution in [0.4, 0.5) is 0 Å². The average molecular weight is 344 g/mol. The molecule has 2 amide bonds. The van der Waals surface area contributed by atoms with Gasteiger partial charge < -0.3 is 30.3 Å². The summed E-state index contributed by atoms with van der Waals surface area (Å²) in [6.07, 6.45) is -0.166. The van der Waals surface area contributed by atoms with Crippen LogP contribution in [0.15, 0.2) is 0 Å². The van der Waals surface area contributed by atoms with Gasteiger partial charge >= 0.3 is 0 Å². The smallest absolute Gasteiger partial charge is 0.294 e. The Morgan fingerprint density at radius 1 is 1.29 bits per heavy atom. The van der Waals surface area contributed by atoms with E-state index in [1.165, 1.54) is 0 Å². The first-order chi connectivity index (χ1) is 11.5. The van der Waals surface area contributed by atoms with Crippen molar-refractivity contribution in [3.05, 3.63) is 10.1 Å². The number of fused-ring (bicyclic) bond motifs is 1. The second-order valence-electron chi connectivity index (χ2n) is 6.00. The van der Waals surface area contributed by atoms with E-state index in [0.717, 1.165) is 19.4 Å². The summed E-state index contributed by atoms with van der Waals surface area (Å²) < 4.78 is 10.9. The topological polar surface area (TPSA) is 141 Å². The van der Waals surface area contributed by atoms with Crippen molar-refractivity contribution in [3.8, 4) is 0 Å². The SMILES string of the molecule is O=C(CNC(=O)[C@@H]1CCCN1)N[C@H]1CO[C@H]2[C@@H]1OC[C@@H]2O[N+](=O)[O-]. The van der Waals surface area contributed by atoms with Gasteiger partial charge in [-0.05, 0) is 19.4 Å². The molecule has 3 N–H and O–H groups in total. The molecule has 0 spiro atoms. The summed E-state index contributed by atoms with van der Waals surface area (Å²) in [6.45, 7) is 0.876. The van der Waals surface area contributed by atoms with E-state index in [1.54, 1.807) is 0 Å². The lowest BCUT2D eigenvalue weighted by Crippen LogP contribution is -2.49. The van der Waals surface area contributed by atoms with E-state index < -0.39 is 29.4 Å². The number of hydrogen-bond acceptors (Lipinski definition) is 8. The van der Waals surface area contributed by atoms with Crippen LogP contribution < -0.4 is 16.0 Å². The number of carbonyl (C=O) groups excluding carboxylic acids is 2. The van der Waals surface area contributed by atoms with Crippen LogP contribution >= 0.6 is 0 Å². The lowest BCUT2D eigenvalue weighted by Gasteiger charge is -2.18. The molecule has 3 rings (SSSR count). The molecule has 134 valence electrons. The zero-order valence-corrected chi connectivity index (χ0v) is 12.9. The molecule has 0 unspecified atom stereocenters. The van der Waals surface area contributed by atoms with E-state index in [0.29, 0.717) is 0 Å². The number of amides is 2. The number of nitrogens with zero attached hydrogens (tertiary/aromatic N) is 1. The van der Waals surface area contributed by atoms with Crippen LogP contribution in [0.1, 0.15) is 12.8 Å². The number of nitrogens with one attached hydrogen (secondary N) is 3. The molecule has 0 aromatic carbocycles. The van der Waals surface area contributed by atoms with E-state index in [9.17, 15) is 19.7 Å². The Hall–Kier alpha value is -1.98. The number of hydrogen-bond donors (Lipinski definition) is 3. The second-order valence-corrected chi connectivity index (χ2v) is 6.00. The van der Waals surface area contributed by atoms with Gasteiger partial charge in [-0.2, -0.15) is 0 Å². The zero-order valence-electron chi connectivity index (χ0n) is 12.9. The molecule has 11 heteroatoms. The molecule has 24 heavy (non-hydrogen) atoms. The highest BCUT2D eigenvalue weighted by atomic mass is 17.0. The summed E-state index contributed by atoms with van der Waals surface area (Å²) in [7, 11) is 0. The maximum Gasteiger partial charge on any atom is 0.294 e. The number of rotatable bonds is 6. The van der Waals surface area contributed by atoms with Crippen molar-refractivity contribution in [3.63, 3.8) is 0 Å². The van der Waals surface area contributed by atoms with E-state index in [2.05, 4.69) is 20.8 Å². The van der Waals surface area contributed by atoms with Gasteiger partial charge in [0.2, 0.25) is 11.8 Å². The molecule has 5 atom stereocenters. The van der Waals surface area contributed by atoms with Gasteiger partial charge in [0.1, 0.15) is 12.2 Å². The monoisotopic (exact) mass is 344 g/mol. The molecule has 3 fully saturated rings. The van der Waals surface area contributed by atoms with Gasteiger partial charge in [0.05, 0.1) is 31.8 Å². The summed E-state index contributed by atoms with van der Waals surface area (Å²) in [5, 5.41) is 17.9. The molecular weight excluding hydrogens is 324 g/mol. The third-order valence-electron chi connectivity index (χ3n) is 4.38. The Bertz CT molecular complexity index is 511. The Morgan fingerprint density at radius 2 is 2.08 bits per heavy atom. The third kappa shape index (κ3) is 3.74. The first-order valence-corrected chi connectivity index (χ1v) is 7.89. The van der Waals surface area contributed by atoms with E-state index in [-0.39, 0.29) is 37.6 Å². The van der Waals surface area contributed by atoms with Crippen LogP contribution in [0.2, 0.25) is 0 Å². The fraction of sp³-hybridized carbons (Fsp3) is 0.846. The quantitative estimate of drug-likeness (QED) is 0.361. The summed E-state index contributed by atoms with van der Waals surface area (Å²) in [5.41, 5.74) is 0. The number of carbonyl (C=O) groups is 2. The van der Waals surface area contributed by atoms with Crippen molar-refractivity contribution >= 4 is 11.8 Å². The Kier molecular flexibility index (Phi) is 5.11. The zero-order chi connectivity index (χ0) is 17.1. The predicted octanol–water partition coefficient (Wildman–Crippen LogP) is -2.29. The van der Waals surface area contributed by atoms with Crippen molar-refractivity contribution < 1.29 is 29.0 Å². The maximum absolute atomic E-state index is 12.0. The fourth-order valence-corrected chi connectivity index (χ4v) is 3.25. The molecule has 0 bridgehead atoms. The third-order valence-corrected chi connectivity index (χ3v) is 4.38. The van der Waals surface area contributed by atoms with Gasteiger partial charge in [0, 0.05) is 0 Å². The fourth-order valence-electron chi connectivity index (χ4n) is 3.25. The van der Waals surface area contributed by atoms with E-state index in [1.807, 2.05) is 0 Å². The van der Waals surface area contributed by atoms with Crippen LogP contribution in [0.3, 0.4) is 0 Å². The minimum Gasteiger partial charge on any atom is -0.371 e. The highest BCUT2D eigenvalue weighted by molar-refractivity contribution is 5.87. The average Bonchev–Trinajstić information content (AvgIpc) is 3.25. The van der Waals surface area contributed by atoms with E-state index in [4.69, 9.17) is 9.47 Å². The molecule has 0 aliphatic carbocycles. The highest BCUT2D eigenvalue weighted by Crippen LogP contribution is 2.28. The summed E-state index contributed by atoms with van der Waals surface area (Å²) in [6, 6.07) is -0.667.